The van der Waals surface area contributed by atoms with Crippen molar-refractivity contribution in [3.05, 3.63) is 34.1 Å². The third kappa shape index (κ3) is 6.53. The molecule has 1 rings (SSSR count). The van der Waals surface area contributed by atoms with Crippen molar-refractivity contribution in [3.63, 3.8) is 0 Å². The van der Waals surface area contributed by atoms with Gasteiger partial charge in [-0.25, -0.2) is 4.39 Å². The topological polar surface area (TPSA) is 12.0 Å². The quantitative estimate of drug-likeness (QED) is 0.779. The Morgan fingerprint density at radius 3 is 2.58 bits per heavy atom. The number of hydrogen-bond acceptors (Lipinski definition) is 1. The van der Waals surface area contributed by atoms with Crippen LogP contribution in [0.25, 0.3) is 0 Å². The molecule has 1 nitrogen and oxygen atoms in total. The highest BCUT2D eigenvalue weighted by Gasteiger charge is 2.19. The molecule has 0 radical (unpaired) electrons. The number of nitrogens with one attached hydrogen (secondary N) is 1. The number of halogens is 2. The van der Waals surface area contributed by atoms with Gasteiger partial charge in [0.1, 0.15) is 5.82 Å². The maximum atomic E-state index is 13.3. The van der Waals surface area contributed by atoms with E-state index in [1.807, 2.05) is 0 Å². The van der Waals surface area contributed by atoms with Crippen LogP contribution in [0, 0.1) is 11.2 Å². The summed E-state index contributed by atoms with van der Waals surface area (Å²) in [6.45, 7) is 9.91. The van der Waals surface area contributed by atoms with Crippen molar-refractivity contribution in [1.82, 2.24) is 5.32 Å². The maximum Gasteiger partial charge on any atom is 0.123 e. The van der Waals surface area contributed by atoms with Crippen LogP contribution in [-0.2, 0) is 6.42 Å². The van der Waals surface area contributed by atoms with E-state index in [1.165, 1.54) is 6.07 Å². The molecule has 0 saturated carbocycles. The van der Waals surface area contributed by atoms with E-state index in [-0.39, 0.29) is 11.2 Å². The van der Waals surface area contributed by atoms with E-state index < -0.39 is 0 Å². The normalized spacial score (nSPS) is 13.6. The fourth-order valence-electron chi connectivity index (χ4n) is 2.27. The Labute approximate surface area is 125 Å². The molecule has 0 aliphatic heterocycles. The van der Waals surface area contributed by atoms with Gasteiger partial charge in [0.25, 0.3) is 0 Å². The van der Waals surface area contributed by atoms with Crippen molar-refractivity contribution in [2.24, 2.45) is 5.41 Å². The van der Waals surface area contributed by atoms with Crippen molar-refractivity contribution >= 4 is 15.9 Å². The summed E-state index contributed by atoms with van der Waals surface area (Å²) in [5.41, 5.74) is 1.31. The van der Waals surface area contributed by atoms with E-state index in [2.05, 4.69) is 48.9 Å². The minimum atomic E-state index is -0.164. The first kappa shape index (κ1) is 16.6. The molecule has 3 heteroatoms. The van der Waals surface area contributed by atoms with Crippen LogP contribution in [0.4, 0.5) is 4.39 Å². The highest BCUT2D eigenvalue weighted by molar-refractivity contribution is 9.10. The van der Waals surface area contributed by atoms with Crippen LogP contribution in [0.2, 0.25) is 0 Å². The molecule has 1 aromatic rings. The zero-order valence-corrected chi connectivity index (χ0v) is 14.0. The SMILES string of the molecule is CCCNC(Cc1cc(F)ccc1Br)CC(C)(C)C. The Hall–Kier alpha value is -0.410. The van der Waals surface area contributed by atoms with Crippen LogP contribution in [-0.4, -0.2) is 12.6 Å². The summed E-state index contributed by atoms with van der Waals surface area (Å²) in [5, 5.41) is 3.58. The van der Waals surface area contributed by atoms with Crippen molar-refractivity contribution < 1.29 is 4.39 Å². The fraction of sp³-hybridized carbons (Fsp3) is 0.625. The van der Waals surface area contributed by atoms with Crippen LogP contribution in [0.3, 0.4) is 0 Å². The lowest BCUT2D eigenvalue weighted by atomic mass is 9.86. The minimum absolute atomic E-state index is 0.164. The third-order valence-electron chi connectivity index (χ3n) is 3.02. The average molecular weight is 330 g/mol. The van der Waals surface area contributed by atoms with Gasteiger partial charge in [-0.1, -0.05) is 43.6 Å². The number of rotatable bonds is 6. The predicted octanol–water partition coefficient (Wildman–Crippen LogP) is 4.94. The summed E-state index contributed by atoms with van der Waals surface area (Å²) in [5.74, 6) is -0.164. The molecule has 1 aromatic carbocycles. The van der Waals surface area contributed by atoms with Gasteiger partial charge in [-0.15, -0.1) is 0 Å². The molecule has 0 aliphatic carbocycles. The van der Waals surface area contributed by atoms with Gasteiger partial charge >= 0.3 is 0 Å². The molecule has 0 aromatic heterocycles. The van der Waals surface area contributed by atoms with E-state index in [9.17, 15) is 4.39 Å². The lowest BCUT2D eigenvalue weighted by molar-refractivity contribution is 0.306. The molecule has 108 valence electrons. The second-order valence-electron chi connectivity index (χ2n) is 6.36. The van der Waals surface area contributed by atoms with Crippen LogP contribution >= 0.6 is 15.9 Å². The lowest BCUT2D eigenvalue weighted by Crippen LogP contribution is -2.35. The first-order valence-electron chi connectivity index (χ1n) is 6.99. The molecule has 0 bridgehead atoms. The highest BCUT2D eigenvalue weighted by Crippen LogP contribution is 2.25. The smallest absolute Gasteiger partial charge is 0.123 e. The summed E-state index contributed by atoms with van der Waals surface area (Å²) in [7, 11) is 0. The molecular formula is C16H25BrFN. The van der Waals surface area contributed by atoms with Crippen molar-refractivity contribution in [2.75, 3.05) is 6.54 Å². The van der Waals surface area contributed by atoms with Gasteiger partial charge in [0, 0.05) is 10.5 Å². The van der Waals surface area contributed by atoms with E-state index in [4.69, 9.17) is 0 Å². The van der Waals surface area contributed by atoms with E-state index in [1.54, 1.807) is 12.1 Å². The summed E-state index contributed by atoms with van der Waals surface area (Å²) in [6, 6.07) is 5.30. The second-order valence-corrected chi connectivity index (χ2v) is 7.21. The molecule has 0 heterocycles. The third-order valence-corrected chi connectivity index (χ3v) is 3.79. The molecule has 1 atom stereocenters. The predicted molar refractivity (Wildman–Crippen MR) is 84.0 cm³/mol. The minimum Gasteiger partial charge on any atom is -0.314 e. The fourth-order valence-corrected chi connectivity index (χ4v) is 2.68. The Balaban J connectivity index is 2.78. The zero-order chi connectivity index (χ0) is 14.5. The standard InChI is InChI=1S/C16H25BrFN/c1-5-8-19-14(11-16(2,3)4)10-12-9-13(18)6-7-15(12)17/h6-7,9,14,19H,5,8,10-11H2,1-4H3. The molecule has 19 heavy (non-hydrogen) atoms. The molecule has 0 spiro atoms. The van der Waals surface area contributed by atoms with Gasteiger partial charge < -0.3 is 5.32 Å². The first-order chi connectivity index (χ1) is 8.81. The van der Waals surface area contributed by atoms with E-state index >= 15 is 0 Å². The molecule has 1 N–H and O–H groups in total. The largest absolute Gasteiger partial charge is 0.314 e. The Kier molecular flexibility index (Phi) is 6.48. The monoisotopic (exact) mass is 329 g/mol. The molecule has 0 fully saturated rings. The van der Waals surface area contributed by atoms with Crippen LogP contribution in [0.15, 0.2) is 22.7 Å². The summed E-state index contributed by atoms with van der Waals surface area (Å²) < 4.78 is 14.3. The van der Waals surface area contributed by atoms with Gasteiger partial charge in [0.2, 0.25) is 0 Å². The van der Waals surface area contributed by atoms with Crippen molar-refractivity contribution in [1.29, 1.82) is 0 Å². The Morgan fingerprint density at radius 2 is 2.00 bits per heavy atom. The van der Waals surface area contributed by atoms with Crippen molar-refractivity contribution in [2.45, 2.75) is 53.0 Å². The van der Waals surface area contributed by atoms with Gasteiger partial charge in [0.05, 0.1) is 0 Å². The van der Waals surface area contributed by atoms with E-state index in [0.29, 0.717) is 6.04 Å². The lowest BCUT2D eigenvalue weighted by Gasteiger charge is -2.27. The molecular weight excluding hydrogens is 305 g/mol. The molecule has 0 saturated heterocycles. The van der Waals surface area contributed by atoms with Gasteiger partial charge in [-0.05, 0) is 55.0 Å². The van der Waals surface area contributed by atoms with Crippen LogP contribution in [0.1, 0.15) is 46.1 Å². The average Bonchev–Trinajstić information content (AvgIpc) is 2.29. The summed E-state index contributed by atoms with van der Waals surface area (Å²) in [6.07, 6.45) is 3.05. The second kappa shape index (κ2) is 7.39. The summed E-state index contributed by atoms with van der Waals surface area (Å²) >= 11 is 3.51. The number of hydrogen-bond donors (Lipinski definition) is 1. The first-order valence-corrected chi connectivity index (χ1v) is 7.78. The van der Waals surface area contributed by atoms with Crippen LogP contribution in [0.5, 0.6) is 0 Å². The number of benzene rings is 1. The molecule has 1 unspecified atom stereocenters. The van der Waals surface area contributed by atoms with Gasteiger partial charge in [0.15, 0.2) is 0 Å². The van der Waals surface area contributed by atoms with Crippen molar-refractivity contribution in [3.8, 4) is 0 Å². The van der Waals surface area contributed by atoms with Crippen LogP contribution < -0.4 is 5.32 Å². The molecule has 0 aliphatic rings. The summed E-state index contributed by atoms with van der Waals surface area (Å²) in [4.78, 5) is 0. The molecule has 0 amide bonds. The Morgan fingerprint density at radius 1 is 1.32 bits per heavy atom. The maximum absolute atomic E-state index is 13.3. The van der Waals surface area contributed by atoms with E-state index in [0.717, 1.165) is 35.8 Å². The van der Waals surface area contributed by atoms with Gasteiger partial charge in [-0.3, -0.25) is 0 Å². The van der Waals surface area contributed by atoms with Gasteiger partial charge in [-0.2, -0.15) is 0 Å². The highest BCUT2D eigenvalue weighted by atomic mass is 79.9. The Bertz CT molecular complexity index is 398. The zero-order valence-electron chi connectivity index (χ0n) is 12.4.